The predicted octanol–water partition coefficient (Wildman–Crippen LogP) is 0.202. The first kappa shape index (κ1) is 32.6. The van der Waals surface area contributed by atoms with Gasteiger partial charge in [0.05, 0.1) is 11.5 Å². The Labute approximate surface area is 246 Å². The molecule has 0 aliphatic carbocycles. The minimum Gasteiger partial charge on any atom is -0.465 e. The van der Waals surface area contributed by atoms with Gasteiger partial charge in [-0.05, 0) is 24.6 Å². The van der Waals surface area contributed by atoms with Gasteiger partial charge in [0.25, 0.3) is 5.69 Å². The van der Waals surface area contributed by atoms with Crippen LogP contribution in [0.1, 0.15) is 12.5 Å². The van der Waals surface area contributed by atoms with Crippen molar-refractivity contribution in [1.82, 2.24) is 19.8 Å². The summed E-state index contributed by atoms with van der Waals surface area (Å²) in [4.78, 5) is 62.2. The van der Waals surface area contributed by atoms with Crippen molar-refractivity contribution in [2.24, 2.45) is 5.73 Å². The molecule has 1 atom stereocenters. The third-order valence-corrected chi connectivity index (χ3v) is 7.46. The summed E-state index contributed by atoms with van der Waals surface area (Å²) in [5, 5.41) is 13.5. The zero-order valence-electron chi connectivity index (χ0n) is 23.0. The lowest BCUT2D eigenvalue weighted by atomic mass is 10.1. The van der Waals surface area contributed by atoms with Crippen molar-refractivity contribution in [3.05, 3.63) is 82.6 Å². The summed E-state index contributed by atoms with van der Waals surface area (Å²) < 4.78 is 37.7. The van der Waals surface area contributed by atoms with Crippen LogP contribution in [0.5, 0.6) is 0 Å². The second-order valence-corrected chi connectivity index (χ2v) is 10.8. The van der Waals surface area contributed by atoms with Crippen molar-refractivity contribution in [2.75, 3.05) is 32.8 Å². The Balaban J connectivity index is 1.66. The molecule has 1 aliphatic heterocycles. The molecule has 17 heteroatoms. The smallest absolute Gasteiger partial charge is 0.351 e. The minimum absolute atomic E-state index is 0.0153. The number of rotatable bonds is 14. The van der Waals surface area contributed by atoms with Crippen molar-refractivity contribution in [2.45, 2.75) is 24.1 Å². The van der Waals surface area contributed by atoms with Gasteiger partial charge in [-0.25, -0.2) is 22.7 Å². The van der Waals surface area contributed by atoms with E-state index in [4.69, 9.17) is 15.2 Å². The first-order chi connectivity index (χ1) is 20.4. The van der Waals surface area contributed by atoms with Crippen LogP contribution < -0.4 is 15.8 Å². The highest BCUT2D eigenvalue weighted by atomic mass is 32.2. The van der Waals surface area contributed by atoms with Crippen molar-refractivity contribution in [3.8, 4) is 0 Å². The molecule has 2 aromatic rings. The van der Waals surface area contributed by atoms with Crippen LogP contribution in [0.3, 0.4) is 0 Å². The highest BCUT2D eigenvalue weighted by Crippen LogP contribution is 2.22. The number of benzene rings is 2. The summed E-state index contributed by atoms with van der Waals surface area (Å²) in [7, 11) is -4.36. The number of hydrogen-bond donors (Lipinski definition) is 3. The SMILES string of the molecule is CCOC(=O)CN(CCNS(=O)(=O)c1ccccc1[N+](=O)[O-])C(=O)CN1C=CC(N)(C(=O)OCc2ccccc2)NC1=O. The Hall–Kier alpha value is -4.87. The molecule has 0 bridgehead atoms. The van der Waals surface area contributed by atoms with Crippen molar-refractivity contribution in [3.63, 3.8) is 0 Å². The molecule has 43 heavy (non-hydrogen) atoms. The van der Waals surface area contributed by atoms with Crippen LogP contribution >= 0.6 is 0 Å². The van der Waals surface area contributed by atoms with Crippen molar-refractivity contribution < 1.29 is 42.0 Å². The lowest BCUT2D eigenvalue weighted by Crippen LogP contribution is -2.65. The van der Waals surface area contributed by atoms with E-state index in [0.29, 0.717) is 5.56 Å². The number of ether oxygens (including phenoxy) is 2. The van der Waals surface area contributed by atoms with E-state index in [1.165, 1.54) is 12.1 Å². The number of urea groups is 1. The summed E-state index contributed by atoms with van der Waals surface area (Å²) in [5.74, 6) is -2.52. The highest BCUT2D eigenvalue weighted by molar-refractivity contribution is 7.89. The number of nitrogens with one attached hydrogen (secondary N) is 2. The van der Waals surface area contributed by atoms with Gasteiger partial charge in [-0.3, -0.25) is 30.3 Å². The third kappa shape index (κ3) is 8.81. The summed E-state index contributed by atoms with van der Waals surface area (Å²) in [6.45, 7) is -0.503. The monoisotopic (exact) mass is 618 g/mol. The number of nitro benzene ring substituents is 1. The van der Waals surface area contributed by atoms with Crippen LogP contribution in [0.2, 0.25) is 0 Å². The second kappa shape index (κ2) is 14.3. The molecule has 16 nitrogen and oxygen atoms in total. The number of carbonyl (C=O) groups excluding carboxylic acids is 4. The summed E-state index contributed by atoms with van der Waals surface area (Å²) in [6.07, 6.45) is 2.24. The number of nitro groups is 1. The van der Waals surface area contributed by atoms with Crippen molar-refractivity contribution >= 4 is 39.6 Å². The zero-order chi connectivity index (χ0) is 31.6. The predicted molar refractivity (Wildman–Crippen MR) is 149 cm³/mol. The van der Waals surface area contributed by atoms with Gasteiger partial charge in [0, 0.05) is 25.4 Å². The molecule has 1 aliphatic rings. The zero-order valence-corrected chi connectivity index (χ0v) is 23.8. The Morgan fingerprint density at radius 1 is 1.12 bits per heavy atom. The van der Waals surface area contributed by atoms with E-state index in [1.54, 1.807) is 37.3 Å². The van der Waals surface area contributed by atoms with Crippen LogP contribution in [0.25, 0.3) is 0 Å². The molecule has 0 spiro atoms. The fraction of sp³-hybridized carbons (Fsp3) is 0.308. The van der Waals surface area contributed by atoms with Gasteiger partial charge >= 0.3 is 18.0 Å². The molecular formula is C26H30N6O10S. The summed E-state index contributed by atoms with van der Waals surface area (Å²) in [5.41, 5.74) is 4.06. The number of nitrogens with zero attached hydrogens (tertiary/aromatic N) is 3. The normalized spacial score (nSPS) is 16.2. The third-order valence-electron chi connectivity index (χ3n) is 5.95. The van der Waals surface area contributed by atoms with E-state index >= 15 is 0 Å². The minimum atomic E-state index is -4.36. The first-order valence-corrected chi connectivity index (χ1v) is 14.3. The topological polar surface area (TPSA) is 221 Å². The molecule has 4 N–H and O–H groups in total. The maximum absolute atomic E-state index is 13.1. The fourth-order valence-corrected chi connectivity index (χ4v) is 4.97. The van der Waals surface area contributed by atoms with Crippen molar-refractivity contribution in [1.29, 1.82) is 0 Å². The molecule has 0 aromatic heterocycles. The second-order valence-electron chi connectivity index (χ2n) is 9.05. The molecular weight excluding hydrogens is 588 g/mol. The number of hydrogen-bond acceptors (Lipinski definition) is 11. The van der Waals surface area contributed by atoms with Gasteiger partial charge in [-0.1, -0.05) is 42.5 Å². The highest BCUT2D eigenvalue weighted by Gasteiger charge is 2.40. The van der Waals surface area contributed by atoms with Crippen LogP contribution in [-0.4, -0.2) is 85.5 Å². The van der Waals surface area contributed by atoms with Crippen LogP contribution in [0, 0.1) is 10.1 Å². The molecule has 3 rings (SSSR count). The van der Waals surface area contributed by atoms with Crippen LogP contribution in [0.15, 0.2) is 71.8 Å². The molecule has 0 saturated carbocycles. The average Bonchev–Trinajstić information content (AvgIpc) is 2.97. The van der Waals surface area contributed by atoms with E-state index in [-0.39, 0.29) is 19.8 Å². The average molecular weight is 619 g/mol. The number of amides is 3. The Bertz CT molecular complexity index is 1500. The molecule has 0 radical (unpaired) electrons. The molecule has 3 amide bonds. The van der Waals surface area contributed by atoms with Crippen LogP contribution in [-0.2, 0) is 40.5 Å². The lowest BCUT2D eigenvalue weighted by Gasteiger charge is -2.33. The van der Waals surface area contributed by atoms with E-state index < -0.39 is 74.7 Å². The molecule has 1 unspecified atom stereocenters. The molecule has 0 fully saturated rings. The molecule has 1 heterocycles. The van der Waals surface area contributed by atoms with Gasteiger partial charge in [0.2, 0.25) is 21.6 Å². The number of para-hydroxylation sites is 1. The van der Waals surface area contributed by atoms with E-state index in [9.17, 15) is 37.7 Å². The van der Waals surface area contributed by atoms with Gasteiger partial charge < -0.3 is 19.7 Å². The standard InChI is InChI=1S/C26H30N6O10S/c1-2-41-23(34)17-30(15-13-28-43(39,40)21-11-7-6-10-20(21)32(37)38)22(33)16-31-14-12-26(27,29-25(31)36)24(35)42-18-19-8-4-3-5-9-19/h3-12,14,28H,2,13,15-18,27H2,1H3,(H,29,36). The number of carbonyl (C=O) groups is 4. The van der Waals surface area contributed by atoms with Gasteiger partial charge in [0.15, 0.2) is 4.90 Å². The van der Waals surface area contributed by atoms with E-state index in [1.807, 2.05) is 0 Å². The Morgan fingerprint density at radius 2 is 1.79 bits per heavy atom. The Morgan fingerprint density at radius 3 is 2.44 bits per heavy atom. The van der Waals surface area contributed by atoms with Gasteiger partial charge in [-0.15, -0.1) is 0 Å². The summed E-state index contributed by atoms with van der Waals surface area (Å²) in [6, 6.07) is 12.6. The number of sulfonamides is 1. The summed E-state index contributed by atoms with van der Waals surface area (Å²) >= 11 is 0. The maximum atomic E-state index is 13.1. The van der Waals surface area contributed by atoms with E-state index in [0.717, 1.165) is 34.2 Å². The quantitative estimate of drug-likeness (QED) is 0.147. The lowest BCUT2D eigenvalue weighted by molar-refractivity contribution is -0.387. The van der Waals surface area contributed by atoms with Gasteiger partial charge in [0.1, 0.15) is 19.7 Å². The number of nitrogens with two attached hydrogens (primary N) is 1. The number of esters is 2. The largest absolute Gasteiger partial charge is 0.465 e. The first-order valence-electron chi connectivity index (χ1n) is 12.8. The molecule has 230 valence electrons. The maximum Gasteiger partial charge on any atom is 0.351 e. The van der Waals surface area contributed by atoms with Gasteiger partial charge in [-0.2, -0.15) is 0 Å². The molecule has 2 aromatic carbocycles. The fourth-order valence-electron chi connectivity index (χ4n) is 3.78. The Kier molecular flexibility index (Phi) is 10.9. The van der Waals surface area contributed by atoms with Crippen LogP contribution in [0.4, 0.5) is 10.5 Å². The van der Waals surface area contributed by atoms with E-state index in [2.05, 4.69) is 10.0 Å². The molecule has 0 saturated heterocycles.